The number of piperidine rings is 1. The molecular formula is C12H14N4O2S. The van der Waals surface area contributed by atoms with Gasteiger partial charge in [-0.15, -0.1) is 11.3 Å². The van der Waals surface area contributed by atoms with Gasteiger partial charge in [-0.05, 0) is 12.8 Å². The average molecular weight is 278 g/mol. The first-order valence-corrected chi connectivity index (χ1v) is 6.95. The lowest BCUT2D eigenvalue weighted by Gasteiger charge is -2.29. The Hall–Kier alpha value is -1.73. The first-order chi connectivity index (χ1) is 9.16. The Morgan fingerprint density at radius 2 is 2.05 bits per heavy atom. The van der Waals surface area contributed by atoms with Gasteiger partial charge in [-0.2, -0.15) is 0 Å². The van der Waals surface area contributed by atoms with E-state index in [-0.39, 0.29) is 12.0 Å². The van der Waals surface area contributed by atoms with E-state index in [1.54, 1.807) is 17.3 Å². The van der Waals surface area contributed by atoms with Crippen molar-refractivity contribution in [2.45, 2.75) is 18.9 Å². The molecule has 0 saturated carbocycles. The summed E-state index contributed by atoms with van der Waals surface area (Å²) in [7, 11) is 0. The summed E-state index contributed by atoms with van der Waals surface area (Å²) in [6.07, 6.45) is 4.09. The Bertz CT molecular complexity index is 619. The van der Waals surface area contributed by atoms with Crippen LogP contribution in [0.25, 0.3) is 10.3 Å². The van der Waals surface area contributed by atoms with Crippen LogP contribution in [-0.2, 0) is 0 Å². The highest BCUT2D eigenvalue weighted by Crippen LogP contribution is 2.31. The number of hydrogen-bond acceptors (Lipinski definition) is 6. The molecule has 1 aliphatic heterocycles. The Morgan fingerprint density at radius 1 is 1.37 bits per heavy atom. The lowest BCUT2D eigenvalue weighted by atomic mass is 10.1. The van der Waals surface area contributed by atoms with E-state index >= 15 is 0 Å². The summed E-state index contributed by atoms with van der Waals surface area (Å²) in [6.45, 7) is 1.13. The summed E-state index contributed by atoms with van der Waals surface area (Å²) in [6, 6.07) is 0. The molecule has 0 atom stereocenters. The van der Waals surface area contributed by atoms with Crippen LogP contribution in [-0.4, -0.2) is 45.1 Å². The van der Waals surface area contributed by atoms with Gasteiger partial charge in [0, 0.05) is 25.5 Å². The van der Waals surface area contributed by atoms with Crippen molar-refractivity contribution in [3.8, 4) is 0 Å². The highest BCUT2D eigenvalue weighted by Gasteiger charge is 2.26. The van der Waals surface area contributed by atoms with Crippen molar-refractivity contribution in [1.29, 1.82) is 0 Å². The molecule has 0 spiro atoms. The normalized spacial score (nSPS) is 17.0. The smallest absolute Gasteiger partial charge is 0.266 e. The molecule has 0 bridgehead atoms. The van der Waals surface area contributed by atoms with Crippen molar-refractivity contribution in [3.05, 3.63) is 17.3 Å². The number of carbonyl (C=O) groups excluding carboxylic acids is 1. The molecule has 0 radical (unpaired) electrons. The molecule has 19 heavy (non-hydrogen) atoms. The lowest BCUT2D eigenvalue weighted by molar-refractivity contribution is 0.0551. The van der Waals surface area contributed by atoms with Crippen LogP contribution < -0.4 is 5.73 Å². The second-order valence-corrected chi connectivity index (χ2v) is 5.58. The molecule has 1 amide bonds. The number of nitrogens with two attached hydrogens (primary N) is 1. The van der Waals surface area contributed by atoms with Crippen molar-refractivity contribution in [3.63, 3.8) is 0 Å². The van der Waals surface area contributed by atoms with E-state index in [1.807, 2.05) is 0 Å². The molecule has 0 aromatic carbocycles. The van der Waals surface area contributed by atoms with Crippen LogP contribution >= 0.6 is 11.3 Å². The maximum Gasteiger partial charge on any atom is 0.266 e. The van der Waals surface area contributed by atoms with Gasteiger partial charge in [-0.3, -0.25) is 4.79 Å². The van der Waals surface area contributed by atoms with Crippen LogP contribution in [0, 0.1) is 0 Å². The van der Waals surface area contributed by atoms with Gasteiger partial charge in [0.05, 0.1) is 11.8 Å². The van der Waals surface area contributed by atoms with E-state index < -0.39 is 0 Å². The van der Waals surface area contributed by atoms with E-state index in [1.165, 1.54) is 11.3 Å². The second-order valence-electron chi connectivity index (χ2n) is 4.58. The molecule has 0 aliphatic carbocycles. The van der Waals surface area contributed by atoms with Crippen molar-refractivity contribution in [2.75, 3.05) is 18.8 Å². The molecule has 1 fully saturated rings. The summed E-state index contributed by atoms with van der Waals surface area (Å²) >= 11 is 1.27. The molecule has 2 aromatic rings. The number of amides is 1. The molecule has 2 aromatic heterocycles. The number of rotatable bonds is 1. The molecule has 3 rings (SSSR count). The monoisotopic (exact) mass is 278 g/mol. The zero-order valence-corrected chi connectivity index (χ0v) is 11.1. The number of likely N-dealkylation sites (tertiary alicyclic amines) is 1. The molecule has 6 nitrogen and oxygen atoms in total. The van der Waals surface area contributed by atoms with Crippen LogP contribution in [0.5, 0.6) is 0 Å². The molecule has 3 N–H and O–H groups in total. The highest BCUT2D eigenvalue weighted by molar-refractivity contribution is 7.21. The molecule has 1 saturated heterocycles. The topological polar surface area (TPSA) is 92.3 Å². The number of aliphatic hydroxyl groups is 1. The predicted molar refractivity (Wildman–Crippen MR) is 73.0 cm³/mol. The summed E-state index contributed by atoms with van der Waals surface area (Å²) in [5, 5.41) is 9.47. The quantitative estimate of drug-likeness (QED) is 0.807. The average Bonchev–Trinajstić information content (AvgIpc) is 2.77. The SMILES string of the molecule is Nc1c(C(=O)N2CCC(O)CC2)sc2nccnc12. The van der Waals surface area contributed by atoms with Crippen molar-refractivity contribution in [1.82, 2.24) is 14.9 Å². The van der Waals surface area contributed by atoms with Crippen LogP contribution in [0.2, 0.25) is 0 Å². The van der Waals surface area contributed by atoms with Crippen molar-refractivity contribution in [2.24, 2.45) is 0 Å². The summed E-state index contributed by atoms with van der Waals surface area (Å²) in [5.41, 5.74) is 6.98. The van der Waals surface area contributed by atoms with E-state index in [0.29, 0.717) is 46.8 Å². The van der Waals surface area contributed by atoms with Gasteiger partial charge in [0.15, 0.2) is 0 Å². The maximum absolute atomic E-state index is 12.4. The number of hydrogen-bond donors (Lipinski definition) is 2. The molecule has 0 unspecified atom stereocenters. The minimum absolute atomic E-state index is 0.0887. The maximum atomic E-state index is 12.4. The molecular weight excluding hydrogens is 264 g/mol. The number of fused-ring (bicyclic) bond motifs is 1. The minimum Gasteiger partial charge on any atom is -0.396 e. The lowest BCUT2D eigenvalue weighted by Crippen LogP contribution is -2.39. The number of nitrogen functional groups attached to an aromatic ring is 1. The first kappa shape index (κ1) is 12.3. The molecule has 100 valence electrons. The number of aliphatic hydroxyl groups excluding tert-OH is 1. The van der Waals surface area contributed by atoms with Gasteiger partial charge in [0.2, 0.25) is 0 Å². The number of thiophene rings is 1. The number of aromatic nitrogens is 2. The summed E-state index contributed by atoms with van der Waals surface area (Å²) < 4.78 is 0. The number of nitrogens with zero attached hydrogens (tertiary/aromatic N) is 3. The molecule has 7 heteroatoms. The fraction of sp³-hybridized carbons (Fsp3) is 0.417. The van der Waals surface area contributed by atoms with Gasteiger partial charge in [0.25, 0.3) is 5.91 Å². The number of carbonyl (C=O) groups is 1. The Morgan fingerprint density at radius 3 is 2.74 bits per heavy atom. The Labute approximate surface area is 113 Å². The van der Waals surface area contributed by atoms with Crippen molar-refractivity contribution < 1.29 is 9.90 Å². The molecule has 1 aliphatic rings. The van der Waals surface area contributed by atoms with Gasteiger partial charge in [0.1, 0.15) is 15.2 Å². The third-order valence-electron chi connectivity index (χ3n) is 3.31. The third-order valence-corrected chi connectivity index (χ3v) is 4.40. The van der Waals surface area contributed by atoms with E-state index in [4.69, 9.17) is 5.73 Å². The zero-order chi connectivity index (χ0) is 13.4. The van der Waals surface area contributed by atoms with Gasteiger partial charge in [-0.25, -0.2) is 9.97 Å². The fourth-order valence-corrected chi connectivity index (χ4v) is 3.20. The zero-order valence-electron chi connectivity index (χ0n) is 10.2. The third kappa shape index (κ3) is 2.15. The van der Waals surface area contributed by atoms with Crippen LogP contribution in [0.1, 0.15) is 22.5 Å². The predicted octanol–water partition coefficient (Wildman–Crippen LogP) is 0.870. The molecule has 3 heterocycles. The number of anilines is 1. The second kappa shape index (κ2) is 4.75. The summed E-state index contributed by atoms with van der Waals surface area (Å²) in [5.74, 6) is -0.0887. The van der Waals surface area contributed by atoms with Gasteiger partial charge >= 0.3 is 0 Å². The largest absolute Gasteiger partial charge is 0.396 e. The first-order valence-electron chi connectivity index (χ1n) is 6.13. The van der Waals surface area contributed by atoms with Gasteiger partial charge in [-0.1, -0.05) is 0 Å². The fourth-order valence-electron chi connectivity index (χ4n) is 2.22. The summed E-state index contributed by atoms with van der Waals surface area (Å²) in [4.78, 5) is 23.6. The standard InChI is InChI=1S/C12H14N4O2S/c13-8-9-11(15-4-3-14-9)19-10(8)12(18)16-5-1-7(17)2-6-16/h3-4,7,17H,1-2,5-6,13H2. The van der Waals surface area contributed by atoms with Crippen LogP contribution in [0.4, 0.5) is 5.69 Å². The van der Waals surface area contributed by atoms with Crippen LogP contribution in [0.15, 0.2) is 12.4 Å². The van der Waals surface area contributed by atoms with E-state index in [0.717, 1.165) is 0 Å². The van der Waals surface area contributed by atoms with E-state index in [9.17, 15) is 9.90 Å². The van der Waals surface area contributed by atoms with Crippen LogP contribution in [0.3, 0.4) is 0 Å². The van der Waals surface area contributed by atoms with Crippen molar-refractivity contribution >= 4 is 33.3 Å². The minimum atomic E-state index is -0.299. The van der Waals surface area contributed by atoms with Gasteiger partial charge < -0.3 is 15.7 Å². The Balaban J connectivity index is 1.91. The Kier molecular flexibility index (Phi) is 3.08. The van der Waals surface area contributed by atoms with E-state index in [2.05, 4.69) is 9.97 Å². The highest BCUT2D eigenvalue weighted by atomic mass is 32.1.